The molecule has 6 nitrogen and oxygen atoms in total. The molecule has 4 aliphatic rings. The predicted molar refractivity (Wildman–Crippen MR) is 183 cm³/mol. The van der Waals surface area contributed by atoms with Crippen LogP contribution in [0.5, 0.6) is 0 Å². The van der Waals surface area contributed by atoms with Crippen LogP contribution in [0.2, 0.25) is 13.3 Å². The first-order valence-corrected chi connectivity index (χ1v) is 26.6. The fraction of sp³-hybridized carbons (Fsp3) is 0.973. The van der Waals surface area contributed by atoms with E-state index in [2.05, 4.69) is 56.6 Å². The number of rotatable bonds is 14. The van der Waals surface area contributed by atoms with Crippen LogP contribution in [0.15, 0.2) is 0 Å². The number of aliphatic hydroxyl groups excluding tert-OH is 2. The summed E-state index contributed by atoms with van der Waals surface area (Å²) in [5, 5.41) is 36.8. The molecule has 3 unspecified atom stereocenters. The molecule has 7 heteroatoms. The summed E-state index contributed by atoms with van der Waals surface area (Å²) in [7, 11) is 0. The molecule has 4 aliphatic carbocycles. The third-order valence-electron chi connectivity index (χ3n) is 14.6. The summed E-state index contributed by atoms with van der Waals surface area (Å²) in [4.78, 5) is 0. The van der Waals surface area contributed by atoms with Crippen LogP contribution in [0.25, 0.3) is 0 Å². The van der Waals surface area contributed by atoms with Crippen molar-refractivity contribution in [2.24, 2.45) is 52.3 Å². The van der Waals surface area contributed by atoms with Crippen molar-refractivity contribution < 1.29 is 10.2 Å². The molecule has 0 radical (unpaired) electrons. The predicted octanol–water partition coefficient (Wildman–Crippen LogP) is 8.67. The Morgan fingerprint density at radius 2 is 1.45 bits per heavy atom. The van der Waals surface area contributed by atoms with Gasteiger partial charge in [-0.3, -0.25) is 0 Å². The van der Waals surface area contributed by atoms with Gasteiger partial charge in [-0.05, 0) is 0 Å². The number of hydrogen-bond acceptors (Lipinski definition) is 5. The SMILES string of the molecule is CCC[CH2][Sn]([CH2]CCC)([CH2]CCC)[n]1nnnc1C[C@@H](C)[C@H]1CCC2C3C(CC[C@@]21C)[C@@]1(C)CC[C@@H](O)C[C@H]1[C@@H](CC)[C@H]3O. The molecule has 0 bridgehead atoms. The van der Waals surface area contributed by atoms with Crippen molar-refractivity contribution >= 4 is 18.7 Å². The summed E-state index contributed by atoms with van der Waals surface area (Å²) in [5.41, 5.74) is 0.547. The first-order valence-electron chi connectivity index (χ1n) is 19.2. The maximum atomic E-state index is 12.1. The van der Waals surface area contributed by atoms with E-state index in [-0.39, 0.29) is 23.0 Å². The van der Waals surface area contributed by atoms with Gasteiger partial charge in [0.1, 0.15) is 0 Å². The van der Waals surface area contributed by atoms with Gasteiger partial charge in [0, 0.05) is 0 Å². The van der Waals surface area contributed by atoms with Gasteiger partial charge >= 0.3 is 264 Å². The van der Waals surface area contributed by atoms with Crippen LogP contribution in [0, 0.1) is 52.3 Å². The van der Waals surface area contributed by atoms with Crippen LogP contribution in [0.1, 0.15) is 144 Å². The van der Waals surface area contributed by atoms with Gasteiger partial charge in [0.2, 0.25) is 0 Å². The van der Waals surface area contributed by atoms with Crippen molar-refractivity contribution in [3.63, 3.8) is 0 Å². The molecule has 0 saturated heterocycles. The molecule has 4 fully saturated rings. The molecule has 4 saturated carbocycles. The molecule has 0 aliphatic heterocycles. The molecular weight excluding hydrogens is 651 g/mol. The zero-order chi connectivity index (χ0) is 31.7. The molecule has 1 aromatic heterocycles. The second-order valence-electron chi connectivity index (χ2n) is 16.8. The Bertz CT molecular complexity index is 1040. The molecule has 44 heavy (non-hydrogen) atoms. The topological polar surface area (TPSA) is 84.1 Å². The Labute approximate surface area is 274 Å². The Morgan fingerprint density at radius 3 is 2.07 bits per heavy atom. The molecule has 11 atom stereocenters. The molecule has 0 amide bonds. The number of hydrogen-bond donors (Lipinski definition) is 2. The van der Waals surface area contributed by atoms with Crippen molar-refractivity contribution in [3.8, 4) is 0 Å². The van der Waals surface area contributed by atoms with E-state index in [1.807, 2.05) is 0 Å². The van der Waals surface area contributed by atoms with Crippen LogP contribution < -0.4 is 0 Å². The Kier molecular flexibility index (Phi) is 11.6. The van der Waals surface area contributed by atoms with Gasteiger partial charge in [-0.1, -0.05) is 0 Å². The molecule has 252 valence electrons. The van der Waals surface area contributed by atoms with E-state index in [9.17, 15) is 10.2 Å². The zero-order valence-corrected chi connectivity index (χ0v) is 32.5. The minimum absolute atomic E-state index is 0.178. The van der Waals surface area contributed by atoms with Crippen molar-refractivity contribution in [1.82, 2.24) is 18.4 Å². The van der Waals surface area contributed by atoms with Gasteiger partial charge in [-0.15, -0.1) is 0 Å². The van der Waals surface area contributed by atoms with Gasteiger partial charge in [-0.25, -0.2) is 0 Å². The van der Waals surface area contributed by atoms with Crippen LogP contribution >= 0.6 is 0 Å². The van der Waals surface area contributed by atoms with E-state index in [1.54, 1.807) is 0 Å². The quantitative estimate of drug-likeness (QED) is 0.188. The Hall–Kier alpha value is -0.211. The molecule has 0 aromatic carbocycles. The summed E-state index contributed by atoms with van der Waals surface area (Å²) in [6.07, 6.45) is 17.5. The van der Waals surface area contributed by atoms with Crippen molar-refractivity contribution in [2.75, 3.05) is 0 Å². The van der Waals surface area contributed by atoms with Gasteiger partial charge in [0.05, 0.1) is 6.10 Å². The summed E-state index contributed by atoms with van der Waals surface area (Å²) in [6.45, 7) is 17.0. The number of aromatic nitrogens is 4. The van der Waals surface area contributed by atoms with Crippen LogP contribution in [0.4, 0.5) is 0 Å². The third kappa shape index (κ3) is 6.21. The number of fused-ring (bicyclic) bond motifs is 5. The molecule has 2 N–H and O–H groups in total. The van der Waals surface area contributed by atoms with Gasteiger partial charge in [0.25, 0.3) is 0 Å². The van der Waals surface area contributed by atoms with Gasteiger partial charge in [0.15, 0.2) is 0 Å². The number of aliphatic hydroxyl groups is 2. The van der Waals surface area contributed by atoms with Crippen molar-refractivity contribution in [3.05, 3.63) is 5.82 Å². The van der Waals surface area contributed by atoms with E-state index in [1.165, 1.54) is 83.3 Å². The molecule has 1 heterocycles. The first kappa shape index (κ1) is 35.1. The molecule has 5 rings (SSSR count). The zero-order valence-electron chi connectivity index (χ0n) is 29.6. The van der Waals surface area contributed by atoms with Crippen molar-refractivity contribution in [1.29, 1.82) is 0 Å². The third-order valence-corrected chi connectivity index (χ3v) is 29.2. The van der Waals surface area contributed by atoms with Crippen molar-refractivity contribution in [2.45, 2.75) is 170 Å². The van der Waals surface area contributed by atoms with E-state index in [0.29, 0.717) is 41.4 Å². The minimum atomic E-state index is -2.79. The number of tetrazole rings is 1. The summed E-state index contributed by atoms with van der Waals surface area (Å²) in [5.74, 6) is 4.83. The summed E-state index contributed by atoms with van der Waals surface area (Å²) < 4.78 is 6.69. The number of unbranched alkanes of at least 4 members (excludes halogenated alkanes) is 3. The van der Waals surface area contributed by atoms with Crippen LogP contribution in [-0.4, -0.2) is 59.5 Å². The summed E-state index contributed by atoms with van der Waals surface area (Å²) in [6, 6.07) is 0. The van der Waals surface area contributed by atoms with E-state index >= 15 is 0 Å². The average Bonchev–Trinajstić information content (AvgIpc) is 3.62. The fourth-order valence-electron chi connectivity index (χ4n) is 12.3. The monoisotopic (exact) mass is 720 g/mol. The van der Waals surface area contributed by atoms with E-state index < -0.39 is 18.7 Å². The molecular formula is C37H68N4O2Sn. The van der Waals surface area contributed by atoms with Gasteiger partial charge < -0.3 is 5.11 Å². The van der Waals surface area contributed by atoms with Crippen LogP contribution in [-0.2, 0) is 6.42 Å². The summed E-state index contributed by atoms with van der Waals surface area (Å²) >= 11 is -2.79. The van der Waals surface area contributed by atoms with E-state index in [0.717, 1.165) is 32.1 Å². The standard InChI is InChI=1S/C25H41N4O2.3C4H9.Sn/c1-5-16-20-13-15(30)8-10-25(20,4)19-9-11-24(3)17(6-7-18(24)22(19)23(16)31)14(2)12-21-26-28-29-27-21;3*1-3-4-2;/h14-20,22-23,30-31H,5-13H2,1-4H3;3*1,3-4H2,2H3;/q-1;;;;+1/t14-,15-,16-,17-,18?,19?,20+,22?,23-,24-,25-;;;;/m1..../s1. The first-order chi connectivity index (χ1) is 21.1. The Balaban J connectivity index is 1.38. The normalized spacial score (nSPS) is 39.5. The average molecular weight is 720 g/mol. The second-order valence-corrected chi connectivity index (χ2v) is 29.3. The Morgan fingerprint density at radius 1 is 0.841 bits per heavy atom. The van der Waals surface area contributed by atoms with Gasteiger partial charge in [-0.2, -0.15) is 0 Å². The second kappa shape index (κ2) is 14.5. The molecule has 1 aromatic rings. The van der Waals surface area contributed by atoms with E-state index in [4.69, 9.17) is 10.3 Å². The number of nitrogens with zero attached hydrogens (tertiary/aromatic N) is 4. The maximum absolute atomic E-state index is 12.1. The molecule has 0 spiro atoms. The van der Waals surface area contributed by atoms with Crippen LogP contribution in [0.3, 0.4) is 0 Å². The fourth-order valence-corrected chi connectivity index (χ4v) is 27.5.